The van der Waals surface area contributed by atoms with Crippen molar-refractivity contribution in [3.05, 3.63) is 12.1 Å². The van der Waals surface area contributed by atoms with E-state index >= 15 is 0 Å². The second kappa shape index (κ2) is 4.50. The molecule has 1 unspecified atom stereocenters. The third-order valence-corrected chi connectivity index (χ3v) is 2.37. The number of fused-ring (bicyclic) bond motifs is 1. The van der Waals surface area contributed by atoms with Crippen molar-refractivity contribution in [2.45, 2.75) is 13.0 Å². The summed E-state index contributed by atoms with van der Waals surface area (Å²) < 4.78 is 5.23. The van der Waals surface area contributed by atoms with Crippen LogP contribution in [0, 0.1) is 0 Å². The number of aliphatic hydroxyl groups is 1. The zero-order chi connectivity index (χ0) is 12.4. The lowest BCUT2D eigenvalue weighted by Gasteiger charge is -2.20. The van der Waals surface area contributed by atoms with Gasteiger partial charge in [-0.25, -0.2) is 0 Å². The summed E-state index contributed by atoms with van der Waals surface area (Å²) in [5.74, 6) is 0.369. The van der Waals surface area contributed by atoms with Crippen LogP contribution in [0.3, 0.4) is 0 Å². The molecule has 0 saturated heterocycles. The number of hydrogen-bond acceptors (Lipinski definition) is 5. The van der Waals surface area contributed by atoms with E-state index in [9.17, 15) is 9.90 Å². The van der Waals surface area contributed by atoms with Gasteiger partial charge in [-0.3, -0.25) is 4.79 Å². The van der Waals surface area contributed by atoms with Crippen LogP contribution in [-0.4, -0.2) is 30.3 Å². The minimum atomic E-state index is -0.476. The van der Waals surface area contributed by atoms with Gasteiger partial charge in [-0.15, -0.1) is 0 Å². The third kappa shape index (κ3) is 2.59. The highest BCUT2D eigenvalue weighted by Gasteiger charge is 2.17. The van der Waals surface area contributed by atoms with Gasteiger partial charge in [-0.2, -0.15) is 0 Å². The summed E-state index contributed by atoms with van der Waals surface area (Å²) in [6.07, 6.45) is -0.476. The highest BCUT2D eigenvalue weighted by Crippen LogP contribution is 2.34. The fourth-order valence-corrected chi connectivity index (χ4v) is 1.55. The van der Waals surface area contributed by atoms with E-state index in [2.05, 4.69) is 10.6 Å². The van der Waals surface area contributed by atoms with Crippen molar-refractivity contribution >= 4 is 23.0 Å². The zero-order valence-electron chi connectivity index (χ0n) is 9.49. The Labute approximate surface area is 98.8 Å². The number of amides is 1. The number of nitrogen functional groups attached to an aromatic ring is 1. The number of nitrogens with one attached hydrogen (secondary N) is 2. The quantitative estimate of drug-likeness (QED) is 0.570. The average Bonchev–Trinajstić information content (AvgIpc) is 2.26. The fourth-order valence-electron chi connectivity index (χ4n) is 1.55. The minimum absolute atomic E-state index is 0.00683. The van der Waals surface area contributed by atoms with E-state index < -0.39 is 6.10 Å². The Morgan fingerprint density at radius 2 is 2.41 bits per heavy atom. The molecule has 0 saturated carbocycles. The van der Waals surface area contributed by atoms with Crippen LogP contribution < -0.4 is 21.1 Å². The number of carbonyl (C=O) groups excluding carboxylic acids is 1. The summed E-state index contributed by atoms with van der Waals surface area (Å²) in [4.78, 5) is 11.2. The first-order valence-corrected chi connectivity index (χ1v) is 5.34. The molecule has 0 fully saturated rings. The van der Waals surface area contributed by atoms with E-state index in [1.165, 1.54) is 0 Å². The van der Waals surface area contributed by atoms with Gasteiger partial charge in [0.15, 0.2) is 6.61 Å². The van der Waals surface area contributed by atoms with Crippen LogP contribution in [0.25, 0.3) is 0 Å². The fraction of sp³-hybridized carbons (Fsp3) is 0.364. The molecule has 1 aliphatic heterocycles. The van der Waals surface area contributed by atoms with Gasteiger partial charge in [-0.1, -0.05) is 0 Å². The van der Waals surface area contributed by atoms with Gasteiger partial charge in [-0.05, 0) is 13.0 Å². The van der Waals surface area contributed by atoms with E-state index in [-0.39, 0.29) is 12.5 Å². The summed E-state index contributed by atoms with van der Waals surface area (Å²) in [6, 6.07) is 3.35. The molecule has 2 rings (SSSR count). The zero-order valence-corrected chi connectivity index (χ0v) is 9.49. The third-order valence-electron chi connectivity index (χ3n) is 2.37. The Bertz CT molecular complexity index is 446. The van der Waals surface area contributed by atoms with Crippen molar-refractivity contribution in [2.75, 3.05) is 29.5 Å². The smallest absolute Gasteiger partial charge is 0.262 e. The van der Waals surface area contributed by atoms with Crippen LogP contribution >= 0.6 is 0 Å². The van der Waals surface area contributed by atoms with Gasteiger partial charge >= 0.3 is 0 Å². The lowest BCUT2D eigenvalue weighted by Crippen LogP contribution is -2.25. The molecule has 0 aromatic heterocycles. The molecule has 1 heterocycles. The summed E-state index contributed by atoms with van der Waals surface area (Å²) in [7, 11) is 0. The minimum Gasteiger partial charge on any atom is -0.482 e. The molecule has 5 N–H and O–H groups in total. The SMILES string of the molecule is CC(O)CNc1cc2c(cc1N)OCC(=O)N2. The number of ether oxygens (including phenoxy) is 1. The summed E-state index contributed by atoms with van der Waals surface area (Å²) >= 11 is 0. The molecule has 1 aromatic carbocycles. The van der Waals surface area contributed by atoms with E-state index in [0.29, 0.717) is 29.4 Å². The summed E-state index contributed by atoms with van der Waals surface area (Å²) in [5, 5.41) is 14.9. The highest BCUT2D eigenvalue weighted by atomic mass is 16.5. The first-order valence-electron chi connectivity index (χ1n) is 5.34. The maximum Gasteiger partial charge on any atom is 0.262 e. The molecular weight excluding hydrogens is 222 g/mol. The second-order valence-corrected chi connectivity index (χ2v) is 4.00. The van der Waals surface area contributed by atoms with E-state index in [1.54, 1.807) is 19.1 Å². The first-order chi connectivity index (χ1) is 8.06. The van der Waals surface area contributed by atoms with Crippen LogP contribution in [0.5, 0.6) is 5.75 Å². The molecule has 6 heteroatoms. The van der Waals surface area contributed by atoms with Gasteiger partial charge in [0, 0.05) is 12.6 Å². The van der Waals surface area contributed by atoms with Crippen LogP contribution in [0.1, 0.15) is 6.92 Å². The number of aliphatic hydroxyl groups excluding tert-OH is 1. The lowest BCUT2D eigenvalue weighted by molar-refractivity contribution is -0.118. The molecule has 0 bridgehead atoms. The Morgan fingerprint density at radius 3 is 3.12 bits per heavy atom. The van der Waals surface area contributed by atoms with E-state index in [1.807, 2.05) is 0 Å². The van der Waals surface area contributed by atoms with Crippen LogP contribution in [0.2, 0.25) is 0 Å². The Kier molecular flexibility index (Phi) is 3.06. The van der Waals surface area contributed by atoms with Crippen LogP contribution in [-0.2, 0) is 4.79 Å². The molecule has 1 aromatic rings. The van der Waals surface area contributed by atoms with Gasteiger partial charge in [0.05, 0.1) is 23.2 Å². The van der Waals surface area contributed by atoms with Crippen molar-refractivity contribution in [3.63, 3.8) is 0 Å². The standard InChI is InChI=1S/C11H15N3O3/c1-6(15)4-13-8-3-9-10(2-7(8)12)17-5-11(16)14-9/h2-3,6,13,15H,4-5,12H2,1H3,(H,14,16). The predicted octanol–water partition coefficient (Wildman–Crippen LogP) is 0.392. The maximum absolute atomic E-state index is 11.2. The Morgan fingerprint density at radius 1 is 1.65 bits per heavy atom. The van der Waals surface area contributed by atoms with Gasteiger partial charge in [0.25, 0.3) is 5.91 Å². The van der Waals surface area contributed by atoms with Crippen molar-refractivity contribution < 1.29 is 14.6 Å². The second-order valence-electron chi connectivity index (χ2n) is 4.00. The molecule has 1 aliphatic rings. The van der Waals surface area contributed by atoms with Crippen LogP contribution in [0.4, 0.5) is 17.1 Å². The number of anilines is 3. The molecule has 92 valence electrons. The van der Waals surface area contributed by atoms with Crippen LogP contribution in [0.15, 0.2) is 12.1 Å². The van der Waals surface area contributed by atoms with Crippen molar-refractivity contribution in [1.29, 1.82) is 0 Å². The van der Waals surface area contributed by atoms with Crippen molar-refractivity contribution in [3.8, 4) is 5.75 Å². The normalized spacial score (nSPS) is 15.5. The molecule has 17 heavy (non-hydrogen) atoms. The number of hydrogen-bond donors (Lipinski definition) is 4. The number of benzene rings is 1. The van der Waals surface area contributed by atoms with Gasteiger partial charge in [0.2, 0.25) is 0 Å². The summed E-state index contributed by atoms with van der Waals surface area (Å²) in [5.41, 5.74) is 7.59. The Hall–Kier alpha value is -1.95. The maximum atomic E-state index is 11.2. The van der Waals surface area contributed by atoms with Gasteiger partial charge < -0.3 is 26.2 Å². The number of rotatable bonds is 3. The molecule has 0 spiro atoms. The van der Waals surface area contributed by atoms with Gasteiger partial charge in [0.1, 0.15) is 5.75 Å². The summed E-state index contributed by atoms with van der Waals surface area (Å²) in [6.45, 7) is 2.07. The molecule has 1 amide bonds. The molecule has 0 radical (unpaired) electrons. The number of carbonyl (C=O) groups is 1. The van der Waals surface area contributed by atoms with Crippen molar-refractivity contribution in [2.24, 2.45) is 0 Å². The van der Waals surface area contributed by atoms with E-state index in [4.69, 9.17) is 10.5 Å². The molecule has 6 nitrogen and oxygen atoms in total. The first kappa shape index (κ1) is 11.5. The van der Waals surface area contributed by atoms with E-state index in [0.717, 1.165) is 0 Å². The average molecular weight is 237 g/mol. The number of nitrogens with two attached hydrogens (primary N) is 1. The molecule has 1 atom stereocenters. The predicted molar refractivity (Wildman–Crippen MR) is 65.1 cm³/mol. The largest absolute Gasteiger partial charge is 0.482 e. The monoisotopic (exact) mass is 237 g/mol. The lowest BCUT2D eigenvalue weighted by atomic mass is 10.2. The Balaban J connectivity index is 2.23. The molecular formula is C11H15N3O3. The van der Waals surface area contributed by atoms with Crippen molar-refractivity contribution in [1.82, 2.24) is 0 Å². The highest BCUT2D eigenvalue weighted by molar-refractivity contribution is 5.97. The molecule has 0 aliphatic carbocycles. The topological polar surface area (TPSA) is 96.6 Å².